The summed E-state index contributed by atoms with van der Waals surface area (Å²) in [6, 6.07) is 0.600. The van der Waals surface area contributed by atoms with Crippen LogP contribution in [0.1, 0.15) is 40.5 Å². The second kappa shape index (κ2) is 6.72. The lowest BCUT2D eigenvalue weighted by molar-refractivity contribution is -0.0121. The second-order valence-corrected chi connectivity index (χ2v) is 6.00. The van der Waals surface area contributed by atoms with Crippen LogP contribution in [0.15, 0.2) is 0 Å². The number of rotatable bonds is 6. The molecule has 0 aromatic carbocycles. The predicted octanol–water partition coefficient (Wildman–Crippen LogP) is 2.12. The third-order valence-corrected chi connectivity index (χ3v) is 3.86. The SMILES string of the molecule is CCOC(C)(C)CNC(C)C1CCN(C)CC1. The number of hydrogen-bond donors (Lipinski definition) is 1. The van der Waals surface area contributed by atoms with Crippen molar-refractivity contribution in [2.45, 2.75) is 52.2 Å². The molecule has 1 N–H and O–H groups in total. The number of nitrogens with zero attached hydrogens (tertiary/aromatic N) is 1. The van der Waals surface area contributed by atoms with E-state index >= 15 is 0 Å². The smallest absolute Gasteiger partial charge is 0.0750 e. The Bertz CT molecular complexity index is 210. The molecule has 102 valence electrons. The van der Waals surface area contributed by atoms with E-state index in [4.69, 9.17) is 4.74 Å². The van der Waals surface area contributed by atoms with Crippen LogP contribution in [0, 0.1) is 5.92 Å². The third-order valence-electron chi connectivity index (χ3n) is 3.86. The fourth-order valence-corrected chi connectivity index (χ4v) is 2.54. The molecule has 1 aliphatic rings. The number of ether oxygens (including phenoxy) is 1. The van der Waals surface area contributed by atoms with Crippen LogP contribution in [0.5, 0.6) is 0 Å². The van der Waals surface area contributed by atoms with Crippen molar-refractivity contribution in [1.29, 1.82) is 0 Å². The molecule has 0 aromatic heterocycles. The van der Waals surface area contributed by atoms with Crippen LogP contribution in [0.25, 0.3) is 0 Å². The van der Waals surface area contributed by atoms with Gasteiger partial charge in [-0.05, 0) is 66.6 Å². The molecular weight excluding hydrogens is 212 g/mol. The van der Waals surface area contributed by atoms with Gasteiger partial charge >= 0.3 is 0 Å². The van der Waals surface area contributed by atoms with Crippen LogP contribution < -0.4 is 5.32 Å². The van der Waals surface area contributed by atoms with E-state index in [1.807, 2.05) is 0 Å². The first-order chi connectivity index (χ1) is 7.94. The molecule has 0 amide bonds. The average Bonchev–Trinajstić information content (AvgIpc) is 2.27. The zero-order valence-electron chi connectivity index (χ0n) is 12.3. The Hall–Kier alpha value is -0.120. The molecule has 0 aliphatic carbocycles. The topological polar surface area (TPSA) is 24.5 Å². The molecule has 1 aliphatic heterocycles. The van der Waals surface area contributed by atoms with Crippen LogP contribution in [0.3, 0.4) is 0 Å². The van der Waals surface area contributed by atoms with Crippen LogP contribution in [0.2, 0.25) is 0 Å². The van der Waals surface area contributed by atoms with E-state index in [1.165, 1.54) is 25.9 Å². The van der Waals surface area contributed by atoms with E-state index < -0.39 is 0 Å². The van der Waals surface area contributed by atoms with Crippen molar-refractivity contribution in [3.8, 4) is 0 Å². The van der Waals surface area contributed by atoms with Crippen molar-refractivity contribution in [1.82, 2.24) is 10.2 Å². The number of hydrogen-bond acceptors (Lipinski definition) is 3. The summed E-state index contributed by atoms with van der Waals surface area (Å²) < 4.78 is 5.71. The molecule has 0 saturated carbocycles. The summed E-state index contributed by atoms with van der Waals surface area (Å²) in [5.41, 5.74) is -0.0472. The first-order valence-corrected chi connectivity index (χ1v) is 7.00. The molecule has 1 rings (SSSR count). The Morgan fingerprint density at radius 3 is 2.47 bits per heavy atom. The van der Waals surface area contributed by atoms with Crippen LogP contribution >= 0.6 is 0 Å². The average molecular weight is 242 g/mol. The molecule has 3 heteroatoms. The standard InChI is InChI=1S/C14H30N2O/c1-6-17-14(3,4)11-15-12(2)13-7-9-16(5)10-8-13/h12-13,15H,6-11H2,1-5H3. The maximum atomic E-state index is 5.71. The highest BCUT2D eigenvalue weighted by Crippen LogP contribution is 2.20. The van der Waals surface area contributed by atoms with Crippen molar-refractivity contribution in [2.75, 3.05) is 33.3 Å². The molecule has 0 radical (unpaired) electrons. The van der Waals surface area contributed by atoms with E-state index in [0.29, 0.717) is 6.04 Å². The van der Waals surface area contributed by atoms with Crippen molar-refractivity contribution >= 4 is 0 Å². The monoisotopic (exact) mass is 242 g/mol. The van der Waals surface area contributed by atoms with E-state index in [0.717, 1.165) is 19.1 Å². The van der Waals surface area contributed by atoms with Gasteiger partial charge in [-0.25, -0.2) is 0 Å². The Morgan fingerprint density at radius 2 is 1.94 bits per heavy atom. The fraction of sp³-hybridized carbons (Fsp3) is 1.00. The van der Waals surface area contributed by atoms with Crippen LogP contribution in [-0.2, 0) is 4.74 Å². The van der Waals surface area contributed by atoms with Crippen molar-refractivity contribution < 1.29 is 4.74 Å². The van der Waals surface area contributed by atoms with Crippen molar-refractivity contribution in [3.63, 3.8) is 0 Å². The second-order valence-electron chi connectivity index (χ2n) is 6.00. The minimum Gasteiger partial charge on any atom is -0.375 e. The van der Waals surface area contributed by atoms with Gasteiger partial charge in [-0.15, -0.1) is 0 Å². The first-order valence-electron chi connectivity index (χ1n) is 7.00. The zero-order valence-corrected chi connectivity index (χ0v) is 12.3. The Kier molecular flexibility index (Phi) is 5.90. The number of nitrogens with one attached hydrogen (secondary N) is 1. The third kappa shape index (κ3) is 5.36. The first kappa shape index (κ1) is 14.9. The molecule has 1 heterocycles. The predicted molar refractivity (Wildman–Crippen MR) is 73.4 cm³/mol. The highest BCUT2D eigenvalue weighted by atomic mass is 16.5. The van der Waals surface area contributed by atoms with Gasteiger partial charge in [-0.3, -0.25) is 0 Å². The summed E-state index contributed by atoms with van der Waals surface area (Å²) in [6.45, 7) is 12.9. The molecular formula is C14H30N2O. The van der Waals surface area contributed by atoms with Gasteiger partial charge in [-0.2, -0.15) is 0 Å². The Labute approximate surface area is 107 Å². The van der Waals surface area contributed by atoms with Crippen LogP contribution in [0.4, 0.5) is 0 Å². The minimum absolute atomic E-state index is 0.0472. The van der Waals surface area contributed by atoms with Gasteiger partial charge in [0.1, 0.15) is 0 Å². The Balaban J connectivity index is 2.27. The lowest BCUT2D eigenvalue weighted by Crippen LogP contribution is -2.46. The maximum absolute atomic E-state index is 5.71. The van der Waals surface area contributed by atoms with Gasteiger partial charge in [0.25, 0.3) is 0 Å². The quantitative estimate of drug-likeness (QED) is 0.772. The molecule has 1 unspecified atom stereocenters. The lowest BCUT2D eigenvalue weighted by Gasteiger charge is -2.35. The number of likely N-dealkylation sites (tertiary alicyclic amines) is 1. The highest BCUT2D eigenvalue weighted by molar-refractivity contribution is 4.81. The fourth-order valence-electron chi connectivity index (χ4n) is 2.54. The van der Waals surface area contributed by atoms with Gasteiger partial charge in [0.05, 0.1) is 5.60 Å². The van der Waals surface area contributed by atoms with Gasteiger partial charge < -0.3 is 15.0 Å². The Morgan fingerprint density at radius 1 is 1.35 bits per heavy atom. The van der Waals surface area contributed by atoms with Gasteiger partial charge in [0, 0.05) is 19.2 Å². The zero-order chi connectivity index (χ0) is 12.9. The molecule has 0 aromatic rings. The van der Waals surface area contributed by atoms with Crippen molar-refractivity contribution in [3.05, 3.63) is 0 Å². The summed E-state index contributed by atoms with van der Waals surface area (Å²) in [5, 5.41) is 3.65. The molecule has 1 saturated heterocycles. The molecule has 3 nitrogen and oxygen atoms in total. The number of piperidine rings is 1. The van der Waals surface area contributed by atoms with E-state index in [2.05, 4.69) is 45.0 Å². The molecule has 0 bridgehead atoms. The maximum Gasteiger partial charge on any atom is 0.0750 e. The van der Waals surface area contributed by atoms with E-state index in [9.17, 15) is 0 Å². The molecule has 1 fully saturated rings. The minimum atomic E-state index is -0.0472. The van der Waals surface area contributed by atoms with E-state index in [1.54, 1.807) is 0 Å². The summed E-state index contributed by atoms with van der Waals surface area (Å²) in [6.07, 6.45) is 2.64. The summed E-state index contributed by atoms with van der Waals surface area (Å²) in [5.74, 6) is 0.823. The summed E-state index contributed by atoms with van der Waals surface area (Å²) in [7, 11) is 2.21. The van der Waals surface area contributed by atoms with Gasteiger partial charge in [0.15, 0.2) is 0 Å². The molecule has 1 atom stereocenters. The van der Waals surface area contributed by atoms with Gasteiger partial charge in [-0.1, -0.05) is 0 Å². The van der Waals surface area contributed by atoms with Crippen LogP contribution in [-0.4, -0.2) is 49.8 Å². The van der Waals surface area contributed by atoms with Crippen molar-refractivity contribution in [2.24, 2.45) is 5.92 Å². The van der Waals surface area contributed by atoms with E-state index in [-0.39, 0.29) is 5.60 Å². The summed E-state index contributed by atoms with van der Waals surface area (Å²) >= 11 is 0. The lowest BCUT2D eigenvalue weighted by atomic mass is 9.90. The molecule has 17 heavy (non-hydrogen) atoms. The summed E-state index contributed by atoms with van der Waals surface area (Å²) in [4.78, 5) is 2.42. The molecule has 0 spiro atoms. The van der Waals surface area contributed by atoms with Gasteiger partial charge in [0.2, 0.25) is 0 Å². The highest BCUT2D eigenvalue weighted by Gasteiger charge is 2.24. The normalized spacial score (nSPS) is 21.7. The largest absolute Gasteiger partial charge is 0.375 e.